The first kappa shape index (κ1) is 16.9. The third-order valence-corrected chi connectivity index (χ3v) is 3.66. The van der Waals surface area contributed by atoms with Gasteiger partial charge in [-0.2, -0.15) is 0 Å². The summed E-state index contributed by atoms with van der Waals surface area (Å²) >= 11 is 0. The normalized spacial score (nSPS) is 12.6. The summed E-state index contributed by atoms with van der Waals surface area (Å²) in [6, 6.07) is 3.93. The number of hydrogen-bond acceptors (Lipinski definition) is 5. The summed E-state index contributed by atoms with van der Waals surface area (Å²) in [5.41, 5.74) is 2.80. The van der Waals surface area contributed by atoms with Crippen LogP contribution < -0.4 is 16.6 Å². The molecule has 0 bridgehead atoms. The number of nitrogens with one attached hydrogen (secondary N) is 2. The van der Waals surface area contributed by atoms with E-state index in [9.17, 15) is 14.9 Å². The molecule has 0 saturated carbocycles. The van der Waals surface area contributed by atoms with E-state index in [0.717, 1.165) is 0 Å². The SMILES string of the molecule is CC(CNC(=O)c1cc([N+](=O)[O-])ccc1NN)C(C)(C)C. The number of amides is 1. The number of nitrogens with zero attached hydrogens (tertiary/aromatic N) is 1. The molecular formula is C14H22N4O3. The Morgan fingerprint density at radius 1 is 1.43 bits per heavy atom. The second-order valence-corrected chi connectivity index (χ2v) is 6.11. The van der Waals surface area contributed by atoms with E-state index in [4.69, 9.17) is 5.84 Å². The Hall–Kier alpha value is -2.15. The van der Waals surface area contributed by atoms with Gasteiger partial charge in [0, 0.05) is 18.7 Å². The number of carbonyl (C=O) groups is 1. The minimum Gasteiger partial charge on any atom is -0.352 e. The number of hydrazine groups is 1. The lowest BCUT2D eigenvalue weighted by Gasteiger charge is -2.27. The van der Waals surface area contributed by atoms with Crippen LogP contribution in [0.2, 0.25) is 0 Å². The van der Waals surface area contributed by atoms with Crippen LogP contribution in [0.3, 0.4) is 0 Å². The first-order chi connectivity index (χ1) is 9.66. The first-order valence-electron chi connectivity index (χ1n) is 6.70. The maximum Gasteiger partial charge on any atom is 0.270 e. The molecule has 0 heterocycles. The van der Waals surface area contributed by atoms with Crippen molar-refractivity contribution in [3.63, 3.8) is 0 Å². The molecular weight excluding hydrogens is 272 g/mol. The topological polar surface area (TPSA) is 110 Å². The Labute approximate surface area is 124 Å². The van der Waals surface area contributed by atoms with Crippen LogP contribution in [0.25, 0.3) is 0 Å². The van der Waals surface area contributed by atoms with E-state index in [2.05, 4.69) is 31.5 Å². The summed E-state index contributed by atoms with van der Waals surface area (Å²) < 4.78 is 0. The van der Waals surface area contributed by atoms with E-state index in [-0.39, 0.29) is 28.5 Å². The Morgan fingerprint density at radius 2 is 2.05 bits per heavy atom. The van der Waals surface area contributed by atoms with E-state index in [0.29, 0.717) is 12.2 Å². The maximum atomic E-state index is 12.2. The first-order valence-corrected chi connectivity index (χ1v) is 6.70. The molecule has 0 fully saturated rings. The fourth-order valence-electron chi connectivity index (χ4n) is 1.61. The van der Waals surface area contributed by atoms with Crippen LogP contribution in [0, 0.1) is 21.4 Å². The van der Waals surface area contributed by atoms with Crippen LogP contribution in [-0.4, -0.2) is 17.4 Å². The van der Waals surface area contributed by atoms with Crippen LogP contribution in [0.1, 0.15) is 38.1 Å². The lowest BCUT2D eigenvalue weighted by Crippen LogP contribution is -2.34. The number of nitro benzene ring substituents is 1. The molecule has 0 saturated heterocycles. The van der Waals surface area contributed by atoms with Crippen molar-refractivity contribution < 1.29 is 9.72 Å². The molecule has 0 aliphatic carbocycles. The van der Waals surface area contributed by atoms with Crippen molar-refractivity contribution in [3.05, 3.63) is 33.9 Å². The molecule has 0 aliphatic heterocycles. The molecule has 0 aromatic heterocycles. The molecule has 0 spiro atoms. The molecule has 1 unspecified atom stereocenters. The molecule has 0 radical (unpaired) electrons. The van der Waals surface area contributed by atoms with Crippen molar-refractivity contribution in [2.75, 3.05) is 12.0 Å². The predicted octanol–water partition coefficient (Wildman–Crippen LogP) is 2.29. The highest BCUT2D eigenvalue weighted by molar-refractivity contribution is 6.00. The third kappa shape index (κ3) is 4.42. The number of carbonyl (C=O) groups excluding carboxylic acids is 1. The van der Waals surface area contributed by atoms with Gasteiger partial charge in [-0.3, -0.25) is 20.8 Å². The van der Waals surface area contributed by atoms with Gasteiger partial charge in [0.15, 0.2) is 0 Å². The quantitative estimate of drug-likeness (QED) is 0.438. The zero-order valence-corrected chi connectivity index (χ0v) is 12.8. The minimum atomic E-state index is -0.547. The Balaban J connectivity index is 2.91. The number of nitro groups is 1. The largest absolute Gasteiger partial charge is 0.352 e. The van der Waals surface area contributed by atoms with Crippen molar-refractivity contribution >= 4 is 17.3 Å². The molecule has 1 aromatic carbocycles. The van der Waals surface area contributed by atoms with Crippen LogP contribution in [0.4, 0.5) is 11.4 Å². The minimum absolute atomic E-state index is 0.0604. The lowest BCUT2D eigenvalue weighted by molar-refractivity contribution is -0.384. The Bertz CT molecular complexity index is 538. The van der Waals surface area contributed by atoms with Crippen molar-refractivity contribution in [3.8, 4) is 0 Å². The summed E-state index contributed by atoms with van der Waals surface area (Å²) in [4.78, 5) is 22.4. The van der Waals surface area contributed by atoms with Crippen molar-refractivity contribution in [2.24, 2.45) is 17.2 Å². The molecule has 7 nitrogen and oxygen atoms in total. The smallest absolute Gasteiger partial charge is 0.270 e. The molecule has 116 valence electrons. The van der Waals surface area contributed by atoms with Gasteiger partial charge in [0.1, 0.15) is 0 Å². The van der Waals surface area contributed by atoms with Crippen LogP contribution in [0.5, 0.6) is 0 Å². The van der Waals surface area contributed by atoms with Gasteiger partial charge in [-0.1, -0.05) is 27.7 Å². The molecule has 1 aromatic rings. The maximum absolute atomic E-state index is 12.2. The van der Waals surface area contributed by atoms with Crippen molar-refractivity contribution in [2.45, 2.75) is 27.7 Å². The van der Waals surface area contributed by atoms with Gasteiger partial charge in [0.2, 0.25) is 0 Å². The monoisotopic (exact) mass is 294 g/mol. The van der Waals surface area contributed by atoms with E-state index < -0.39 is 4.92 Å². The number of non-ortho nitro benzene ring substituents is 1. The summed E-state index contributed by atoms with van der Waals surface area (Å²) in [6.07, 6.45) is 0. The van der Waals surface area contributed by atoms with Gasteiger partial charge >= 0.3 is 0 Å². The summed E-state index contributed by atoms with van der Waals surface area (Å²) in [7, 11) is 0. The molecule has 0 aliphatic rings. The van der Waals surface area contributed by atoms with Crippen molar-refractivity contribution in [1.82, 2.24) is 5.32 Å². The average Bonchev–Trinajstić information content (AvgIpc) is 2.42. The number of nitrogens with two attached hydrogens (primary N) is 1. The highest BCUT2D eigenvalue weighted by atomic mass is 16.6. The predicted molar refractivity (Wildman–Crippen MR) is 81.9 cm³/mol. The van der Waals surface area contributed by atoms with Crippen molar-refractivity contribution in [1.29, 1.82) is 0 Å². The zero-order chi connectivity index (χ0) is 16.2. The van der Waals surface area contributed by atoms with Crippen LogP contribution >= 0.6 is 0 Å². The molecule has 7 heteroatoms. The molecule has 21 heavy (non-hydrogen) atoms. The Morgan fingerprint density at radius 3 is 2.52 bits per heavy atom. The van der Waals surface area contributed by atoms with E-state index in [1.165, 1.54) is 18.2 Å². The number of rotatable bonds is 5. The molecule has 1 amide bonds. The van der Waals surface area contributed by atoms with E-state index in [1.807, 2.05) is 6.92 Å². The standard InChI is InChI=1S/C14H22N4O3/c1-9(14(2,3)4)8-16-13(19)11-7-10(18(20)21)5-6-12(11)17-15/h5-7,9,17H,8,15H2,1-4H3,(H,16,19). The highest BCUT2D eigenvalue weighted by Gasteiger charge is 2.22. The van der Waals surface area contributed by atoms with Gasteiger partial charge in [0.25, 0.3) is 11.6 Å². The summed E-state index contributed by atoms with van der Waals surface area (Å²) in [5, 5.41) is 13.6. The fraction of sp³-hybridized carbons (Fsp3) is 0.500. The Kier molecular flexibility index (Phi) is 5.26. The lowest BCUT2D eigenvalue weighted by atomic mass is 9.82. The van der Waals surface area contributed by atoms with E-state index >= 15 is 0 Å². The molecule has 4 N–H and O–H groups in total. The molecule has 1 atom stereocenters. The number of anilines is 1. The number of benzene rings is 1. The summed E-state index contributed by atoms with van der Waals surface area (Å²) in [6.45, 7) is 8.78. The summed E-state index contributed by atoms with van der Waals surface area (Å²) in [5.74, 6) is 5.21. The van der Waals surface area contributed by atoms with E-state index in [1.54, 1.807) is 0 Å². The van der Waals surface area contributed by atoms with Gasteiger partial charge < -0.3 is 10.7 Å². The molecule has 1 rings (SSSR count). The van der Waals surface area contributed by atoms with Gasteiger partial charge in [-0.15, -0.1) is 0 Å². The number of hydrogen-bond donors (Lipinski definition) is 3. The highest BCUT2D eigenvalue weighted by Crippen LogP contribution is 2.25. The zero-order valence-electron chi connectivity index (χ0n) is 12.8. The van der Waals surface area contributed by atoms with Gasteiger partial charge in [0.05, 0.1) is 16.2 Å². The fourth-order valence-corrected chi connectivity index (χ4v) is 1.61. The average molecular weight is 294 g/mol. The second kappa shape index (κ2) is 6.53. The van der Waals surface area contributed by atoms with Gasteiger partial charge in [-0.05, 0) is 17.4 Å². The second-order valence-electron chi connectivity index (χ2n) is 6.11. The third-order valence-electron chi connectivity index (χ3n) is 3.66. The number of nitrogen functional groups attached to an aromatic ring is 1. The van der Waals surface area contributed by atoms with Crippen LogP contribution in [-0.2, 0) is 0 Å². The van der Waals surface area contributed by atoms with Gasteiger partial charge in [-0.25, -0.2) is 0 Å². The van der Waals surface area contributed by atoms with Crippen LogP contribution in [0.15, 0.2) is 18.2 Å².